The second-order valence-electron chi connectivity index (χ2n) is 7.64. The Morgan fingerprint density at radius 2 is 1.81 bits per heavy atom. The Morgan fingerprint density at radius 3 is 2.48 bits per heavy atom. The molecule has 0 unspecified atom stereocenters. The Balaban J connectivity index is 1.43. The Labute approximate surface area is 163 Å². The van der Waals surface area contributed by atoms with E-state index in [1.807, 2.05) is 18.5 Å². The van der Waals surface area contributed by atoms with Crippen LogP contribution in [-0.2, 0) is 0 Å². The van der Waals surface area contributed by atoms with Gasteiger partial charge in [0.15, 0.2) is 5.96 Å². The quantitative estimate of drug-likeness (QED) is 0.465. The summed E-state index contributed by atoms with van der Waals surface area (Å²) >= 11 is 0. The number of piperazine rings is 1. The van der Waals surface area contributed by atoms with E-state index in [0.29, 0.717) is 0 Å². The van der Waals surface area contributed by atoms with E-state index in [0.717, 1.165) is 63.5 Å². The summed E-state index contributed by atoms with van der Waals surface area (Å²) in [6.45, 7) is 13.8. The minimum absolute atomic E-state index is 0.829. The lowest BCUT2D eigenvalue weighted by Crippen LogP contribution is -2.53. The fourth-order valence-corrected chi connectivity index (χ4v) is 3.76. The zero-order valence-electron chi connectivity index (χ0n) is 17.0. The molecule has 0 saturated carbocycles. The molecule has 0 spiro atoms. The molecule has 7 nitrogen and oxygen atoms in total. The largest absolute Gasteiger partial charge is 0.357 e. The summed E-state index contributed by atoms with van der Waals surface area (Å²) in [5, 5.41) is 3.46. The molecule has 2 aliphatic rings. The van der Waals surface area contributed by atoms with Crippen LogP contribution < -0.4 is 10.2 Å². The number of guanidine groups is 1. The number of hydrogen-bond donors (Lipinski definition) is 1. The number of nitrogens with one attached hydrogen (secondary N) is 1. The van der Waals surface area contributed by atoms with Crippen molar-refractivity contribution in [3.8, 4) is 0 Å². The van der Waals surface area contributed by atoms with Crippen molar-refractivity contribution in [3.63, 3.8) is 0 Å². The van der Waals surface area contributed by atoms with Crippen molar-refractivity contribution in [2.24, 2.45) is 10.9 Å². The van der Waals surface area contributed by atoms with Crippen LogP contribution in [0.2, 0.25) is 0 Å². The van der Waals surface area contributed by atoms with E-state index < -0.39 is 0 Å². The van der Waals surface area contributed by atoms with Crippen molar-refractivity contribution < 1.29 is 0 Å². The SMILES string of the molecule is CCNC(=NCCCN1CCC(C)CC1)N1CCN(c2ncccn2)CC1. The second kappa shape index (κ2) is 10.4. The summed E-state index contributed by atoms with van der Waals surface area (Å²) in [6.07, 6.45) is 7.45. The number of nitrogens with zero attached hydrogens (tertiary/aromatic N) is 6. The van der Waals surface area contributed by atoms with Gasteiger partial charge in [-0.1, -0.05) is 6.92 Å². The first kappa shape index (κ1) is 19.9. The van der Waals surface area contributed by atoms with E-state index in [9.17, 15) is 0 Å². The van der Waals surface area contributed by atoms with Crippen LogP contribution in [0.4, 0.5) is 5.95 Å². The van der Waals surface area contributed by atoms with Gasteiger partial charge >= 0.3 is 0 Å². The van der Waals surface area contributed by atoms with Crippen molar-refractivity contribution >= 4 is 11.9 Å². The summed E-state index contributed by atoms with van der Waals surface area (Å²) in [4.78, 5) is 20.8. The Hall–Kier alpha value is -1.89. The Kier molecular flexibility index (Phi) is 7.68. The van der Waals surface area contributed by atoms with Gasteiger partial charge in [-0.2, -0.15) is 0 Å². The maximum Gasteiger partial charge on any atom is 0.225 e. The first-order chi connectivity index (χ1) is 13.3. The molecule has 27 heavy (non-hydrogen) atoms. The minimum atomic E-state index is 0.829. The normalized spacial score (nSPS) is 20.1. The van der Waals surface area contributed by atoms with Crippen LogP contribution >= 0.6 is 0 Å². The molecule has 0 amide bonds. The molecule has 2 fully saturated rings. The van der Waals surface area contributed by atoms with Crippen LogP contribution in [-0.4, -0.2) is 84.6 Å². The average molecular weight is 374 g/mol. The molecule has 0 radical (unpaired) electrons. The van der Waals surface area contributed by atoms with Gasteiger partial charge in [-0.05, 0) is 57.8 Å². The maximum atomic E-state index is 4.89. The van der Waals surface area contributed by atoms with Crippen LogP contribution in [0.1, 0.15) is 33.1 Å². The highest BCUT2D eigenvalue weighted by molar-refractivity contribution is 5.80. The van der Waals surface area contributed by atoms with Gasteiger partial charge in [-0.3, -0.25) is 4.99 Å². The number of rotatable bonds is 6. The topological polar surface area (TPSA) is 59.9 Å². The molecule has 0 bridgehead atoms. The molecule has 2 aliphatic heterocycles. The van der Waals surface area contributed by atoms with Crippen LogP contribution in [0.25, 0.3) is 0 Å². The van der Waals surface area contributed by atoms with Gasteiger partial charge in [0.25, 0.3) is 0 Å². The molecule has 150 valence electrons. The minimum Gasteiger partial charge on any atom is -0.357 e. The fraction of sp³-hybridized carbons (Fsp3) is 0.750. The molecule has 2 saturated heterocycles. The number of anilines is 1. The molecule has 3 heterocycles. The first-order valence-corrected chi connectivity index (χ1v) is 10.5. The van der Waals surface area contributed by atoms with E-state index in [1.165, 1.54) is 32.5 Å². The molecule has 1 aromatic heterocycles. The van der Waals surface area contributed by atoms with Gasteiger partial charge in [0.1, 0.15) is 0 Å². The number of aliphatic imine (C=N–C) groups is 1. The van der Waals surface area contributed by atoms with Crippen molar-refractivity contribution in [3.05, 3.63) is 18.5 Å². The smallest absolute Gasteiger partial charge is 0.225 e. The molecule has 1 N–H and O–H groups in total. The Morgan fingerprint density at radius 1 is 1.11 bits per heavy atom. The number of hydrogen-bond acceptors (Lipinski definition) is 5. The predicted octanol–water partition coefficient (Wildman–Crippen LogP) is 1.69. The third-order valence-corrected chi connectivity index (χ3v) is 5.52. The van der Waals surface area contributed by atoms with E-state index in [-0.39, 0.29) is 0 Å². The summed E-state index contributed by atoms with van der Waals surface area (Å²) in [7, 11) is 0. The first-order valence-electron chi connectivity index (χ1n) is 10.5. The second-order valence-corrected chi connectivity index (χ2v) is 7.64. The average Bonchev–Trinajstić information content (AvgIpc) is 2.72. The van der Waals surface area contributed by atoms with Gasteiger partial charge in [0.2, 0.25) is 5.95 Å². The lowest BCUT2D eigenvalue weighted by Gasteiger charge is -2.36. The third-order valence-electron chi connectivity index (χ3n) is 5.52. The molecule has 0 atom stereocenters. The summed E-state index contributed by atoms with van der Waals surface area (Å²) in [5.74, 6) is 2.79. The van der Waals surface area contributed by atoms with Crippen LogP contribution in [0.15, 0.2) is 23.5 Å². The zero-order chi connectivity index (χ0) is 18.9. The maximum absolute atomic E-state index is 4.89. The highest BCUT2D eigenvalue weighted by Crippen LogP contribution is 2.16. The van der Waals surface area contributed by atoms with Crippen molar-refractivity contribution in [2.75, 3.05) is 63.8 Å². The van der Waals surface area contributed by atoms with Gasteiger partial charge in [-0.15, -0.1) is 0 Å². The lowest BCUT2D eigenvalue weighted by atomic mass is 9.99. The van der Waals surface area contributed by atoms with Gasteiger partial charge in [0, 0.05) is 51.7 Å². The monoisotopic (exact) mass is 373 g/mol. The summed E-state index contributed by atoms with van der Waals surface area (Å²) < 4.78 is 0. The Bertz CT molecular complexity index is 561. The molecule has 0 aromatic carbocycles. The van der Waals surface area contributed by atoms with E-state index >= 15 is 0 Å². The van der Waals surface area contributed by atoms with Gasteiger partial charge in [-0.25, -0.2) is 9.97 Å². The number of likely N-dealkylation sites (tertiary alicyclic amines) is 1. The molecule has 3 rings (SSSR count). The van der Waals surface area contributed by atoms with Crippen LogP contribution in [0, 0.1) is 5.92 Å². The molecule has 1 aromatic rings. The zero-order valence-corrected chi connectivity index (χ0v) is 17.0. The number of piperidine rings is 1. The number of aromatic nitrogens is 2. The molecule has 0 aliphatic carbocycles. The van der Waals surface area contributed by atoms with E-state index in [4.69, 9.17) is 4.99 Å². The molecular formula is C20H35N7. The molecular weight excluding hydrogens is 338 g/mol. The van der Waals surface area contributed by atoms with E-state index in [2.05, 4.69) is 43.8 Å². The van der Waals surface area contributed by atoms with Crippen LogP contribution in [0.5, 0.6) is 0 Å². The van der Waals surface area contributed by atoms with Crippen LogP contribution in [0.3, 0.4) is 0 Å². The van der Waals surface area contributed by atoms with Gasteiger partial charge in [0.05, 0.1) is 0 Å². The molecule has 7 heteroatoms. The predicted molar refractivity (Wildman–Crippen MR) is 111 cm³/mol. The summed E-state index contributed by atoms with van der Waals surface area (Å²) in [5.41, 5.74) is 0. The standard InChI is InChI=1S/C20H35N7/c1-3-21-19(24-10-5-11-25-12-6-18(2)7-13-25)26-14-16-27(17-15-26)20-22-8-4-9-23-20/h4,8-9,18H,3,5-7,10-17H2,1-2H3,(H,21,24). The third kappa shape index (κ3) is 6.06. The van der Waals surface area contributed by atoms with Crippen molar-refractivity contribution in [2.45, 2.75) is 33.1 Å². The highest BCUT2D eigenvalue weighted by atomic mass is 15.4. The summed E-state index contributed by atoms with van der Waals surface area (Å²) in [6, 6.07) is 1.86. The van der Waals surface area contributed by atoms with Gasteiger partial charge < -0.3 is 20.0 Å². The highest BCUT2D eigenvalue weighted by Gasteiger charge is 2.21. The lowest BCUT2D eigenvalue weighted by molar-refractivity contribution is 0.191. The van der Waals surface area contributed by atoms with E-state index in [1.54, 1.807) is 0 Å². The van der Waals surface area contributed by atoms with Crippen molar-refractivity contribution in [1.82, 2.24) is 25.1 Å². The van der Waals surface area contributed by atoms with Crippen molar-refractivity contribution in [1.29, 1.82) is 0 Å². The fourth-order valence-electron chi connectivity index (χ4n) is 3.76.